The lowest BCUT2D eigenvalue weighted by molar-refractivity contribution is -0.175. The van der Waals surface area contributed by atoms with E-state index in [1.54, 1.807) is 6.20 Å². The van der Waals surface area contributed by atoms with Gasteiger partial charge >= 0.3 is 6.18 Å². The number of fused-ring (bicyclic) bond motifs is 1. The number of hydrogen-bond acceptors (Lipinski definition) is 4. The number of halogens is 3. The third-order valence-electron chi connectivity index (χ3n) is 2.45. The first-order chi connectivity index (χ1) is 8.94. The average Bonchev–Trinajstić information content (AvgIpc) is 2.83. The molecule has 2 aromatic heterocycles. The minimum Gasteiger partial charge on any atom is -0.393 e. The molecule has 0 aliphatic rings. The molecule has 0 amide bonds. The molecular formula is C11H13F3N2O2S. The lowest BCUT2D eigenvalue weighted by atomic mass is 10.1. The fourth-order valence-electron chi connectivity index (χ4n) is 1.63. The molecule has 2 aromatic rings. The van der Waals surface area contributed by atoms with Crippen molar-refractivity contribution in [1.82, 2.24) is 9.38 Å². The Kier molecular flexibility index (Phi) is 4.43. The van der Waals surface area contributed by atoms with E-state index in [1.165, 1.54) is 11.3 Å². The van der Waals surface area contributed by atoms with Crippen LogP contribution in [0.25, 0.3) is 4.96 Å². The summed E-state index contributed by atoms with van der Waals surface area (Å²) in [5.74, 6) is 0. The molecule has 106 valence electrons. The first-order valence-electron chi connectivity index (χ1n) is 5.68. The van der Waals surface area contributed by atoms with Crippen molar-refractivity contribution in [3.05, 3.63) is 23.5 Å². The Bertz CT molecular complexity index is 495. The fraction of sp³-hybridized carbons (Fsp3) is 0.545. The summed E-state index contributed by atoms with van der Waals surface area (Å²) in [7, 11) is 0. The molecule has 0 spiro atoms. The number of nitrogens with zero attached hydrogens (tertiary/aromatic N) is 2. The molecule has 1 atom stereocenters. The molecule has 0 fully saturated rings. The maximum absolute atomic E-state index is 11.8. The standard InChI is InChI=1S/C11H13F3N2O2S/c12-11(13,14)7-18-3-1-9(17)5-8-6-16-2-4-19-10(16)15-8/h2,4,6,9,17H,1,3,5,7H2. The lowest BCUT2D eigenvalue weighted by Gasteiger charge is -2.10. The number of hydrogen-bond donors (Lipinski definition) is 1. The second kappa shape index (κ2) is 5.89. The highest BCUT2D eigenvalue weighted by Crippen LogP contribution is 2.15. The molecular weight excluding hydrogens is 281 g/mol. The smallest absolute Gasteiger partial charge is 0.393 e. The van der Waals surface area contributed by atoms with Crippen LogP contribution in [-0.2, 0) is 11.2 Å². The van der Waals surface area contributed by atoms with E-state index in [2.05, 4.69) is 9.72 Å². The predicted octanol–water partition coefficient (Wildman–Crippen LogP) is 2.27. The zero-order valence-corrected chi connectivity index (χ0v) is 10.7. The molecule has 1 unspecified atom stereocenters. The first-order valence-corrected chi connectivity index (χ1v) is 6.55. The van der Waals surface area contributed by atoms with Crippen molar-refractivity contribution in [3.8, 4) is 0 Å². The van der Waals surface area contributed by atoms with Gasteiger partial charge in [-0.05, 0) is 6.42 Å². The minimum absolute atomic E-state index is 0.122. The average molecular weight is 294 g/mol. The Labute approximate surface area is 111 Å². The number of imidazole rings is 1. The van der Waals surface area contributed by atoms with Gasteiger partial charge in [-0.1, -0.05) is 0 Å². The Balaban J connectivity index is 1.72. The van der Waals surface area contributed by atoms with E-state index in [1.807, 2.05) is 16.0 Å². The summed E-state index contributed by atoms with van der Waals surface area (Å²) in [4.78, 5) is 5.11. The fourth-order valence-corrected chi connectivity index (χ4v) is 2.34. The molecule has 4 nitrogen and oxygen atoms in total. The zero-order valence-electron chi connectivity index (χ0n) is 9.93. The van der Waals surface area contributed by atoms with Gasteiger partial charge in [0.2, 0.25) is 0 Å². The Hall–Kier alpha value is -1.12. The maximum Gasteiger partial charge on any atom is 0.411 e. The van der Waals surface area contributed by atoms with Gasteiger partial charge in [-0.25, -0.2) is 4.98 Å². The number of thiazole rings is 1. The molecule has 8 heteroatoms. The highest BCUT2D eigenvalue weighted by atomic mass is 32.1. The summed E-state index contributed by atoms with van der Waals surface area (Å²) < 4.78 is 41.7. The molecule has 19 heavy (non-hydrogen) atoms. The van der Waals surface area contributed by atoms with Gasteiger partial charge in [-0.3, -0.25) is 4.40 Å². The van der Waals surface area contributed by atoms with E-state index in [0.717, 1.165) is 10.7 Å². The molecule has 1 N–H and O–H groups in total. The zero-order chi connectivity index (χ0) is 13.9. The van der Waals surface area contributed by atoms with Gasteiger partial charge in [0.05, 0.1) is 11.8 Å². The Morgan fingerprint density at radius 2 is 2.26 bits per heavy atom. The number of aliphatic hydroxyl groups excluding tert-OH is 1. The summed E-state index contributed by atoms with van der Waals surface area (Å²) in [5, 5.41) is 11.6. The topological polar surface area (TPSA) is 46.8 Å². The molecule has 2 rings (SSSR count). The molecule has 2 heterocycles. The van der Waals surface area contributed by atoms with Crippen molar-refractivity contribution in [2.24, 2.45) is 0 Å². The minimum atomic E-state index is -4.32. The van der Waals surface area contributed by atoms with Gasteiger partial charge < -0.3 is 9.84 Å². The molecule has 0 aliphatic heterocycles. The van der Waals surface area contributed by atoms with Gasteiger partial charge in [-0.15, -0.1) is 11.3 Å². The van der Waals surface area contributed by atoms with Crippen LogP contribution in [0.5, 0.6) is 0 Å². The maximum atomic E-state index is 11.8. The number of aromatic nitrogens is 2. The molecule has 0 saturated carbocycles. The lowest BCUT2D eigenvalue weighted by Crippen LogP contribution is -2.20. The van der Waals surface area contributed by atoms with Crippen LogP contribution in [0.1, 0.15) is 12.1 Å². The number of aliphatic hydroxyl groups is 1. The van der Waals surface area contributed by atoms with E-state index >= 15 is 0 Å². The summed E-state index contributed by atoms with van der Waals surface area (Å²) in [6, 6.07) is 0. The van der Waals surface area contributed by atoms with E-state index in [9.17, 15) is 18.3 Å². The van der Waals surface area contributed by atoms with Crippen LogP contribution >= 0.6 is 11.3 Å². The second-order valence-corrected chi connectivity index (χ2v) is 5.01. The van der Waals surface area contributed by atoms with Gasteiger partial charge in [0, 0.05) is 30.8 Å². The van der Waals surface area contributed by atoms with Crippen molar-refractivity contribution in [1.29, 1.82) is 0 Å². The number of rotatable bonds is 6. The molecule has 0 aromatic carbocycles. The van der Waals surface area contributed by atoms with Crippen molar-refractivity contribution in [2.45, 2.75) is 25.1 Å². The molecule has 0 radical (unpaired) electrons. The van der Waals surface area contributed by atoms with Crippen LogP contribution in [0.3, 0.4) is 0 Å². The highest BCUT2D eigenvalue weighted by Gasteiger charge is 2.27. The van der Waals surface area contributed by atoms with E-state index in [4.69, 9.17) is 0 Å². The monoisotopic (exact) mass is 294 g/mol. The van der Waals surface area contributed by atoms with E-state index in [-0.39, 0.29) is 13.0 Å². The van der Waals surface area contributed by atoms with Crippen LogP contribution in [0.2, 0.25) is 0 Å². The highest BCUT2D eigenvalue weighted by molar-refractivity contribution is 7.15. The van der Waals surface area contributed by atoms with Crippen molar-refractivity contribution in [3.63, 3.8) is 0 Å². The molecule has 0 saturated heterocycles. The normalized spacial score (nSPS) is 14.1. The quantitative estimate of drug-likeness (QED) is 0.831. The summed E-state index contributed by atoms with van der Waals surface area (Å²) in [6.07, 6.45) is -0.955. The van der Waals surface area contributed by atoms with E-state index < -0.39 is 18.9 Å². The summed E-state index contributed by atoms with van der Waals surface area (Å²) in [5.41, 5.74) is 0.718. The number of ether oxygens (including phenoxy) is 1. The second-order valence-electron chi connectivity index (χ2n) is 4.14. The van der Waals surface area contributed by atoms with Gasteiger partial charge in [0.15, 0.2) is 4.96 Å². The van der Waals surface area contributed by atoms with Crippen LogP contribution in [0.4, 0.5) is 13.2 Å². The van der Waals surface area contributed by atoms with E-state index in [0.29, 0.717) is 6.42 Å². The van der Waals surface area contributed by atoms with Gasteiger partial charge in [0.1, 0.15) is 6.61 Å². The predicted molar refractivity (Wildman–Crippen MR) is 64.3 cm³/mol. The van der Waals surface area contributed by atoms with Crippen LogP contribution in [0, 0.1) is 0 Å². The third-order valence-corrected chi connectivity index (χ3v) is 3.22. The van der Waals surface area contributed by atoms with Crippen LogP contribution in [0.15, 0.2) is 17.8 Å². The largest absolute Gasteiger partial charge is 0.411 e. The summed E-state index contributed by atoms with van der Waals surface area (Å²) >= 11 is 1.48. The van der Waals surface area contributed by atoms with Crippen molar-refractivity contribution in [2.75, 3.05) is 13.2 Å². The van der Waals surface area contributed by atoms with Crippen molar-refractivity contribution < 1.29 is 23.0 Å². The van der Waals surface area contributed by atoms with Gasteiger partial charge in [0.25, 0.3) is 0 Å². The SMILES string of the molecule is OC(CCOCC(F)(F)F)Cc1cn2ccsc2n1. The van der Waals surface area contributed by atoms with Crippen LogP contribution < -0.4 is 0 Å². The Morgan fingerprint density at radius 3 is 2.95 bits per heavy atom. The molecule has 0 aliphatic carbocycles. The summed E-state index contributed by atoms with van der Waals surface area (Å²) in [6.45, 7) is -1.40. The number of alkyl halides is 3. The Morgan fingerprint density at radius 1 is 1.47 bits per heavy atom. The van der Waals surface area contributed by atoms with Gasteiger partial charge in [-0.2, -0.15) is 13.2 Å². The van der Waals surface area contributed by atoms with Crippen LogP contribution in [-0.4, -0.2) is 40.0 Å². The first kappa shape index (κ1) is 14.3. The molecule has 0 bridgehead atoms. The third kappa shape index (κ3) is 4.48. The van der Waals surface area contributed by atoms with Crippen molar-refractivity contribution >= 4 is 16.3 Å².